The van der Waals surface area contributed by atoms with Gasteiger partial charge in [-0.05, 0) is 50.7 Å². The monoisotopic (exact) mass is 591 g/mol. The molecule has 0 radical (unpaired) electrons. The minimum atomic E-state index is -0.435. The number of anilines is 1. The van der Waals surface area contributed by atoms with Gasteiger partial charge in [-0.1, -0.05) is 68.3 Å². The van der Waals surface area contributed by atoms with E-state index in [-0.39, 0.29) is 23.8 Å². The molecular formula is C34H49N5O4. The molecule has 0 unspecified atom stereocenters. The number of nitrogens with one attached hydrogen (secondary N) is 2. The molecule has 0 spiro atoms. The zero-order chi connectivity index (χ0) is 30.4. The molecule has 0 aliphatic carbocycles. The maximum absolute atomic E-state index is 13.4. The Morgan fingerprint density at radius 1 is 0.884 bits per heavy atom. The summed E-state index contributed by atoms with van der Waals surface area (Å²) < 4.78 is 5.79. The number of rotatable bonds is 13. The number of carbonyl (C=O) groups excluding carboxylic acids is 3. The minimum Gasteiger partial charge on any atom is -0.446 e. The van der Waals surface area contributed by atoms with Crippen molar-refractivity contribution < 1.29 is 19.1 Å². The van der Waals surface area contributed by atoms with Crippen LogP contribution in [0.3, 0.4) is 0 Å². The minimum absolute atomic E-state index is 0.0352. The topological polar surface area (TPSA) is 94.2 Å². The van der Waals surface area contributed by atoms with E-state index in [4.69, 9.17) is 4.74 Å². The molecule has 2 aliphatic rings. The fraction of sp³-hybridized carbons (Fsp3) is 0.559. The summed E-state index contributed by atoms with van der Waals surface area (Å²) in [5.74, 6) is 0.322. The number of unbranched alkanes of at least 4 members (excludes halogenated alkanes) is 2. The lowest BCUT2D eigenvalue weighted by atomic mass is 9.96. The van der Waals surface area contributed by atoms with Crippen molar-refractivity contribution in [2.24, 2.45) is 5.92 Å². The molecule has 2 aromatic carbocycles. The molecule has 2 aromatic rings. The van der Waals surface area contributed by atoms with Crippen LogP contribution in [0.15, 0.2) is 54.6 Å². The Balaban J connectivity index is 1.21. The number of likely N-dealkylation sites (tertiary alicyclic amines) is 1. The number of hydrogen-bond acceptors (Lipinski definition) is 6. The third-order valence-electron chi connectivity index (χ3n) is 8.49. The van der Waals surface area contributed by atoms with Crippen LogP contribution in [0.2, 0.25) is 0 Å². The predicted octanol–water partition coefficient (Wildman–Crippen LogP) is 5.54. The van der Waals surface area contributed by atoms with Gasteiger partial charge in [-0.3, -0.25) is 19.9 Å². The number of benzene rings is 2. The molecule has 2 aliphatic heterocycles. The number of hydrogen-bond donors (Lipinski definition) is 2. The average Bonchev–Trinajstić information content (AvgIpc) is 3.03. The van der Waals surface area contributed by atoms with Gasteiger partial charge in [0.2, 0.25) is 11.8 Å². The van der Waals surface area contributed by atoms with Crippen LogP contribution in [-0.2, 0) is 14.3 Å². The van der Waals surface area contributed by atoms with Gasteiger partial charge in [-0.15, -0.1) is 0 Å². The SMILES string of the molecule is CCCCCN(C(=O)CCN1CCC(OC(=O)Nc2ccccc2-c2ccccc2)CC1)N1CCC(C(=O)NCC)CC1. The third-order valence-corrected chi connectivity index (χ3v) is 8.49. The average molecular weight is 592 g/mol. The van der Waals surface area contributed by atoms with Crippen LogP contribution in [0, 0.1) is 5.92 Å². The number of nitrogens with zero attached hydrogens (tertiary/aromatic N) is 3. The second-order valence-electron chi connectivity index (χ2n) is 11.6. The lowest BCUT2D eigenvalue weighted by Gasteiger charge is -2.40. The third kappa shape index (κ3) is 9.79. The Kier molecular flexibility index (Phi) is 12.9. The molecule has 9 heteroatoms. The molecule has 3 amide bonds. The molecule has 9 nitrogen and oxygen atoms in total. The highest BCUT2D eigenvalue weighted by atomic mass is 16.6. The molecule has 0 atom stereocenters. The van der Waals surface area contributed by atoms with Gasteiger partial charge < -0.3 is 15.0 Å². The molecule has 43 heavy (non-hydrogen) atoms. The Labute approximate surface area is 256 Å². The maximum Gasteiger partial charge on any atom is 0.411 e. The number of carbonyl (C=O) groups is 3. The number of piperidine rings is 2. The molecule has 2 saturated heterocycles. The summed E-state index contributed by atoms with van der Waals surface area (Å²) in [4.78, 5) is 40.8. The van der Waals surface area contributed by atoms with Crippen molar-refractivity contribution in [3.05, 3.63) is 54.6 Å². The van der Waals surface area contributed by atoms with Gasteiger partial charge >= 0.3 is 6.09 Å². The van der Waals surface area contributed by atoms with E-state index in [2.05, 4.69) is 27.5 Å². The molecule has 0 bridgehead atoms. The molecule has 234 valence electrons. The standard InChI is InChI=1S/C34H49N5O4/c1-3-5-11-21-39(38-25-16-28(17-26-38)33(41)35-4-2)32(40)20-24-37-22-18-29(19-23-37)43-34(42)36-31-15-10-9-14-30(31)27-12-7-6-8-13-27/h6-10,12-15,28-29H,3-5,11,16-26H2,1-2H3,(H,35,41)(H,36,42). The van der Waals surface area contributed by atoms with Gasteiger partial charge in [-0.25, -0.2) is 9.80 Å². The first-order valence-electron chi connectivity index (χ1n) is 16.2. The first-order chi connectivity index (χ1) is 21.0. The Bertz CT molecular complexity index is 1160. The van der Waals surface area contributed by atoms with E-state index in [1.807, 2.05) is 66.5 Å². The van der Waals surface area contributed by atoms with Crippen molar-refractivity contribution in [2.75, 3.05) is 51.1 Å². The van der Waals surface area contributed by atoms with Crippen molar-refractivity contribution in [1.82, 2.24) is 20.2 Å². The van der Waals surface area contributed by atoms with E-state index in [1.54, 1.807) is 0 Å². The summed E-state index contributed by atoms with van der Waals surface area (Å²) in [6, 6.07) is 17.7. The molecule has 0 saturated carbocycles. The van der Waals surface area contributed by atoms with Crippen molar-refractivity contribution in [3.8, 4) is 11.1 Å². The molecule has 2 fully saturated rings. The number of amides is 3. The van der Waals surface area contributed by atoms with Crippen molar-refractivity contribution in [3.63, 3.8) is 0 Å². The lowest BCUT2D eigenvalue weighted by Crippen LogP contribution is -2.52. The zero-order valence-corrected chi connectivity index (χ0v) is 25.9. The Hall–Kier alpha value is -3.43. The summed E-state index contributed by atoms with van der Waals surface area (Å²) in [6.45, 7) is 9.25. The zero-order valence-electron chi connectivity index (χ0n) is 25.9. The van der Waals surface area contributed by atoms with Crippen LogP contribution < -0.4 is 10.6 Å². The van der Waals surface area contributed by atoms with Crippen LogP contribution in [0.25, 0.3) is 11.1 Å². The quantitative estimate of drug-likeness (QED) is 0.297. The maximum atomic E-state index is 13.4. The normalized spacial score (nSPS) is 16.9. The highest BCUT2D eigenvalue weighted by Crippen LogP contribution is 2.28. The van der Waals surface area contributed by atoms with Gasteiger partial charge in [0.05, 0.1) is 5.69 Å². The van der Waals surface area contributed by atoms with Crippen LogP contribution in [-0.4, -0.2) is 84.7 Å². The second kappa shape index (κ2) is 17.0. The first kappa shape index (κ1) is 32.5. The lowest BCUT2D eigenvalue weighted by molar-refractivity contribution is -0.153. The van der Waals surface area contributed by atoms with Crippen LogP contribution in [0.1, 0.15) is 65.2 Å². The van der Waals surface area contributed by atoms with Crippen LogP contribution >= 0.6 is 0 Å². The van der Waals surface area contributed by atoms with E-state index in [0.717, 1.165) is 94.5 Å². The summed E-state index contributed by atoms with van der Waals surface area (Å²) in [7, 11) is 0. The van der Waals surface area contributed by atoms with Crippen LogP contribution in [0.5, 0.6) is 0 Å². The van der Waals surface area contributed by atoms with Crippen LogP contribution in [0.4, 0.5) is 10.5 Å². The second-order valence-corrected chi connectivity index (χ2v) is 11.6. The number of ether oxygens (including phenoxy) is 1. The largest absolute Gasteiger partial charge is 0.446 e. The number of hydrazine groups is 1. The first-order valence-corrected chi connectivity index (χ1v) is 16.2. The number of para-hydroxylation sites is 1. The summed E-state index contributed by atoms with van der Waals surface area (Å²) in [6.07, 6.45) is 6.12. The molecule has 2 heterocycles. The summed E-state index contributed by atoms with van der Waals surface area (Å²) in [5, 5.41) is 10.00. The Morgan fingerprint density at radius 3 is 2.28 bits per heavy atom. The van der Waals surface area contributed by atoms with E-state index >= 15 is 0 Å². The highest BCUT2D eigenvalue weighted by Gasteiger charge is 2.30. The smallest absolute Gasteiger partial charge is 0.411 e. The van der Waals surface area contributed by atoms with E-state index in [1.165, 1.54) is 0 Å². The molecule has 4 rings (SSSR count). The van der Waals surface area contributed by atoms with Gasteiger partial charge in [0.1, 0.15) is 6.10 Å². The van der Waals surface area contributed by atoms with Gasteiger partial charge in [0, 0.05) is 63.7 Å². The predicted molar refractivity (Wildman–Crippen MR) is 170 cm³/mol. The van der Waals surface area contributed by atoms with E-state index < -0.39 is 6.09 Å². The fourth-order valence-electron chi connectivity index (χ4n) is 6.01. The van der Waals surface area contributed by atoms with Gasteiger partial charge in [0.15, 0.2) is 0 Å². The van der Waals surface area contributed by atoms with Crippen molar-refractivity contribution >= 4 is 23.6 Å². The van der Waals surface area contributed by atoms with Gasteiger partial charge in [0.25, 0.3) is 0 Å². The highest BCUT2D eigenvalue weighted by molar-refractivity contribution is 5.91. The van der Waals surface area contributed by atoms with E-state index in [0.29, 0.717) is 19.5 Å². The summed E-state index contributed by atoms with van der Waals surface area (Å²) in [5.41, 5.74) is 2.72. The van der Waals surface area contributed by atoms with Crippen molar-refractivity contribution in [2.45, 2.75) is 71.3 Å². The molecule has 0 aromatic heterocycles. The Morgan fingerprint density at radius 2 is 1.58 bits per heavy atom. The fourth-order valence-corrected chi connectivity index (χ4v) is 6.01. The van der Waals surface area contributed by atoms with Gasteiger partial charge in [-0.2, -0.15) is 0 Å². The molecular weight excluding hydrogens is 542 g/mol. The molecule has 2 N–H and O–H groups in total. The van der Waals surface area contributed by atoms with E-state index in [9.17, 15) is 14.4 Å². The summed E-state index contributed by atoms with van der Waals surface area (Å²) >= 11 is 0. The van der Waals surface area contributed by atoms with Crippen molar-refractivity contribution in [1.29, 1.82) is 0 Å².